The van der Waals surface area contributed by atoms with Crippen molar-refractivity contribution in [3.8, 4) is 17.0 Å². The van der Waals surface area contributed by atoms with Gasteiger partial charge >= 0.3 is 5.97 Å². The minimum absolute atomic E-state index is 0.0121. The molecule has 0 bridgehead atoms. The Balaban J connectivity index is 1.34. The molecule has 1 amide bonds. The number of aliphatic hydroxyl groups is 1. The maximum absolute atomic E-state index is 13.7. The van der Waals surface area contributed by atoms with Crippen LogP contribution in [0.15, 0.2) is 67.4 Å². The lowest BCUT2D eigenvalue weighted by Gasteiger charge is -2.54. The van der Waals surface area contributed by atoms with Crippen LogP contribution in [0.2, 0.25) is 0 Å². The molecule has 5 rings (SSSR count). The summed E-state index contributed by atoms with van der Waals surface area (Å²) in [5.74, 6) is -0.266. The number of aromatic nitrogens is 3. The number of nitrogens with zero attached hydrogens (tertiary/aromatic N) is 3. The van der Waals surface area contributed by atoms with E-state index in [1.165, 1.54) is 4.68 Å². The monoisotopic (exact) mass is 656 g/mol. The van der Waals surface area contributed by atoms with Crippen molar-refractivity contribution in [1.29, 1.82) is 0 Å². The van der Waals surface area contributed by atoms with Crippen molar-refractivity contribution in [2.45, 2.75) is 79.1 Å². The molecule has 2 fully saturated rings. The molecule has 0 saturated heterocycles. The summed E-state index contributed by atoms with van der Waals surface area (Å²) in [6, 6.07) is 14.1. The highest BCUT2D eigenvalue weighted by Crippen LogP contribution is 2.57. The van der Waals surface area contributed by atoms with E-state index in [1.807, 2.05) is 19.9 Å². The molecule has 3 aromatic rings. The Kier molecular flexibility index (Phi) is 10.2. The predicted octanol–water partition coefficient (Wildman–Crippen LogP) is 6.36. The molecule has 10 heteroatoms. The molecule has 10 nitrogen and oxygen atoms in total. The second kappa shape index (κ2) is 14.0. The fourth-order valence-corrected chi connectivity index (χ4v) is 7.99. The van der Waals surface area contributed by atoms with Gasteiger partial charge in [-0.05, 0) is 67.0 Å². The first kappa shape index (κ1) is 35.0. The number of rotatable bonds is 10. The third-order valence-electron chi connectivity index (χ3n) is 11.3. The lowest BCUT2D eigenvalue weighted by Crippen LogP contribution is -2.57. The van der Waals surface area contributed by atoms with Crippen LogP contribution in [-0.4, -0.2) is 57.1 Å². The minimum atomic E-state index is -0.731. The summed E-state index contributed by atoms with van der Waals surface area (Å²) >= 11 is 0. The largest absolute Gasteiger partial charge is 0.497 e. The van der Waals surface area contributed by atoms with Crippen LogP contribution in [0.25, 0.3) is 11.3 Å². The Labute approximate surface area is 282 Å². The van der Waals surface area contributed by atoms with E-state index >= 15 is 0 Å². The molecule has 8 atom stereocenters. The molecule has 2 N–H and O–H groups in total. The molecule has 1 heterocycles. The summed E-state index contributed by atoms with van der Waals surface area (Å²) in [6.07, 6.45) is 4.43. The molecule has 2 saturated carbocycles. The number of fused-ring (bicyclic) bond motifs is 1. The fourth-order valence-electron chi connectivity index (χ4n) is 7.99. The van der Waals surface area contributed by atoms with Gasteiger partial charge in [-0.15, -0.1) is 11.7 Å². The summed E-state index contributed by atoms with van der Waals surface area (Å²) < 4.78 is 12.9. The number of Topliss-reactive ketones (excluding diaryl/α,β-unsaturated/α-hetero) is 1. The van der Waals surface area contributed by atoms with Gasteiger partial charge < -0.3 is 19.9 Å². The molecule has 0 aliphatic heterocycles. The van der Waals surface area contributed by atoms with Gasteiger partial charge in [0.1, 0.15) is 29.9 Å². The number of esters is 1. The maximum Gasteiger partial charge on any atom is 0.328 e. The number of nitrogens with one attached hydrogen (secondary N) is 1. The second-order valence-corrected chi connectivity index (χ2v) is 14.1. The minimum Gasteiger partial charge on any atom is -0.497 e. The number of benzene rings is 2. The van der Waals surface area contributed by atoms with Gasteiger partial charge in [-0.2, -0.15) is 0 Å². The van der Waals surface area contributed by atoms with Gasteiger partial charge in [0, 0.05) is 40.0 Å². The maximum atomic E-state index is 13.7. The smallest absolute Gasteiger partial charge is 0.328 e. The highest BCUT2D eigenvalue weighted by molar-refractivity contribution is 6.04. The predicted molar refractivity (Wildman–Crippen MR) is 183 cm³/mol. The van der Waals surface area contributed by atoms with Gasteiger partial charge in [0.25, 0.3) is 5.91 Å². The Morgan fingerprint density at radius 2 is 1.94 bits per heavy atom. The van der Waals surface area contributed by atoms with Gasteiger partial charge in [0.05, 0.1) is 19.4 Å². The zero-order valence-corrected chi connectivity index (χ0v) is 28.8. The first-order valence-electron chi connectivity index (χ1n) is 16.8. The Bertz CT molecular complexity index is 1650. The van der Waals surface area contributed by atoms with Crippen LogP contribution in [0.1, 0.15) is 70.7 Å². The molecule has 0 spiro atoms. The molecule has 48 heavy (non-hydrogen) atoms. The van der Waals surface area contributed by atoms with Crippen LogP contribution >= 0.6 is 0 Å². The van der Waals surface area contributed by atoms with E-state index in [4.69, 9.17) is 9.47 Å². The van der Waals surface area contributed by atoms with E-state index in [0.717, 1.165) is 12.8 Å². The zero-order chi connectivity index (χ0) is 34.8. The number of anilines is 1. The van der Waals surface area contributed by atoms with Crippen LogP contribution in [0, 0.1) is 34.5 Å². The highest BCUT2D eigenvalue weighted by atomic mass is 16.5. The molecule has 2 aliphatic rings. The van der Waals surface area contributed by atoms with Gasteiger partial charge in [0.2, 0.25) is 0 Å². The first-order chi connectivity index (χ1) is 22.8. The molecular weight excluding hydrogens is 608 g/mol. The Morgan fingerprint density at radius 3 is 2.60 bits per heavy atom. The topological polar surface area (TPSA) is 133 Å². The van der Waals surface area contributed by atoms with E-state index in [2.05, 4.69) is 43.0 Å². The van der Waals surface area contributed by atoms with Crippen molar-refractivity contribution < 1.29 is 29.0 Å². The second-order valence-electron chi connectivity index (χ2n) is 14.1. The van der Waals surface area contributed by atoms with Gasteiger partial charge in [-0.1, -0.05) is 64.5 Å². The summed E-state index contributed by atoms with van der Waals surface area (Å²) in [7, 11) is 1.57. The highest BCUT2D eigenvalue weighted by Gasteiger charge is 2.60. The molecule has 0 radical (unpaired) electrons. The van der Waals surface area contributed by atoms with Crippen LogP contribution in [0.4, 0.5) is 5.69 Å². The number of carbonyl (C=O) groups excluding carboxylic acids is 3. The van der Waals surface area contributed by atoms with Crippen LogP contribution < -0.4 is 10.1 Å². The van der Waals surface area contributed by atoms with Crippen molar-refractivity contribution in [2.75, 3.05) is 12.4 Å². The number of ether oxygens (including phenoxy) is 2. The third kappa shape index (κ3) is 6.67. The van der Waals surface area contributed by atoms with Crippen molar-refractivity contribution >= 4 is 23.3 Å². The van der Waals surface area contributed by atoms with Crippen molar-refractivity contribution in [2.24, 2.45) is 34.5 Å². The van der Waals surface area contributed by atoms with Gasteiger partial charge in [-0.25, -0.2) is 4.68 Å². The van der Waals surface area contributed by atoms with Crippen molar-refractivity contribution in [3.05, 3.63) is 72.9 Å². The molecule has 2 aliphatic carbocycles. The summed E-state index contributed by atoms with van der Waals surface area (Å²) in [5, 5.41) is 22.9. The number of methoxy groups -OCH3 is 1. The molecule has 256 valence electrons. The number of hydrogen-bond donors (Lipinski definition) is 2. The fraction of sp³-hybridized carbons (Fsp3) is 0.500. The van der Waals surface area contributed by atoms with E-state index < -0.39 is 29.0 Å². The average Bonchev–Trinajstić information content (AvgIpc) is 3.72. The molecule has 2 unspecified atom stereocenters. The zero-order valence-electron chi connectivity index (χ0n) is 28.8. The van der Waals surface area contributed by atoms with Crippen LogP contribution in [0.3, 0.4) is 0 Å². The van der Waals surface area contributed by atoms with E-state index in [0.29, 0.717) is 41.1 Å². The number of ketones is 1. The van der Waals surface area contributed by atoms with Crippen LogP contribution in [-0.2, 0) is 20.9 Å². The number of hydrogen-bond acceptors (Lipinski definition) is 8. The van der Waals surface area contributed by atoms with Crippen molar-refractivity contribution in [1.82, 2.24) is 15.0 Å². The van der Waals surface area contributed by atoms with E-state index in [-0.39, 0.29) is 41.9 Å². The lowest BCUT2D eigenvalue weighted by molar-refractivity contribution is -0.181. The van der Waals surface area contributed by atoms with Gasteiger partial charge in [0.15, 0.2) is 0 Å². The lowest BCUT2D eigenvalue weighted by atomic mass is 9.53. The SMILES string of the molecule is C=C[C@]1(C)C[C@@H](OC(=O)Cn2cc(-c3cccc(NC(=O)c4ccc(OC)cc4)c3)nn2)[C@](C)(C(C)CC)[C@@H]2C(=O)CCC2[C@@H](C)[C@@H]1O. The summed E-state index contributed by atoms with van der Waals surface area (Å²) in [4.78, 5) is 40.0. The Hall–Kier alpha value is -4.31. The normalized spacial score (nSPS) is 29.2. The third-order valence-corrected chi connectivity index (χ3v) is 11.3. The quantitative estimate of drug-likeness (QED) is 0.190. The van der Waals surface area contributed by atoms with Crippen molar-refractivity contribution in [3.63, 3.8) is 0 Å². The van der Waals surface area contributed by atoms with E-state index in [1.54, 1.807) is 61.8 Å². The molecule has 2 aromatic carbocycles. The van der Waals surface area contributed by atoms with Crippen LogP contribution in [0.5, 0.6) is 5.75 Å². The van der Waals surface area contributed by atoms with E-state index in [9.17, 15) is 19.5 Å². The molecular formula is C38H48N4O6. The first-order valence-corrected chi connectivity index (χ1v) is 16.8. The number of amides is 1. The Morgan fingerprint density at radius 1 is 1.21 bits per heavy atom. The standard InChI is InChI=1S/C38H48N4O6/c1-8-23(3)38(6)32(20-37(5,9-2)35(45)24(4)29-17-18-31(43)34(29)38)48-33(44)22-42-21-30(40-41-42)26-11-10-12-27(19-26)39-36(46)25-13-15-28(47-7)16-14-25/h9-16,19,21,23-24,29,32,34-35,45H,2,8,17-18,20,22H2,1,3-7H3,(H,39,46)/t23?,24-,29?,32-,34+,35+,37-,38+/m1/s1. The molecule has 1 aromatic heterocycles. The van der Waals surface area contributed by atoms with Gasteiger partial charge in [-0.3, -0.25) is 14.4 Å². The summed E-state index contributed by atoms with van der Waals surface area (Å²) in [6.45, 7) is 14.2. The number of aliphatic hydroxyl groups excluding tert-OH is 1. The average molecular weight is 657 g/mol. The number of carbonyl (C=O) groups is 3. The summed E-state index contributed by atoms with van der Waals surface area (Å²) in [5.41, 5.74) is 0.953.